The number of carbonyl (C=O) groups excluding carboxylic acids is 2. The van der Waals surface area contributed by atoms with Crippen LogP contribution >= 0.6 is 0 Å². The number of anilines is 2. The molecule has 188 valence electrons. The van der Waals surface area contributed by atoms with Gasteiger partial charge in [0.15, 0.2) is 18.2 Å². The van der Waals surface area contributed by atoms with Gasteiger partial charge in [0, 0.05) is 12.1 Å². The number of nitriles is 1. The molecule has 1 fully saturated rings. The van der Waals surface area contributed by atoms with Crippen molar-refractivity contribution >= 4 is 23.6 Å². The molecule has 0 unspecified atom stereocenters. The highest BCUT2D eigenvalue weighted by atomic mass is 16.6. The molecule has 2 aliphatic heterocycles. The van der Waals surface area contributed by atoms with Crippen LogP contribution in [0.15, 0.2) is 54.6 Å². The Kier molecular flexibility index (Phi) is 6.87. The normalized spacial score (nSPS) is 16.3. The summed E-state index contributed by atoms with van der Waals surface area (Å²) in [7, 11) is 1.61. The third-order valence-corrected chi connectivity index (χ3v) is 6.15. The molecule has 10 heteroatoms. The molecule has 1 aromatic heterocycles. The first-order valence-corrected chi connectivity index (χ1v) is 11.8. The van der Waals surface area contributed by atoms with Crippen LogP contribution in [-0.4, -0.2) is 49.9 Å². The van der Waals surface area contributed by atoms with E-state index in [0.717, 1.165) is 16.7 Å². The van der Waals surface area contributed by atoms with Crippen LogP contribution in [0, 0.1) is 11.3 Å². The van der Waals surface area contributed by atoms with Crippen molar-refractivity contribution in [3.63, 3.8) is 0 Å². The molecule has 10 nitrogen and oxygen atoms in total. The number of methoxy groups -OCH3 is 1. The van der Waals surface area contributed by atoms with E-state index < -0.39 is 6.09 Å². The minimum absolute atomic E-state index is 0.0538. The van der Waals surface area contributed by atoms with Gasteiger partial charge in [-0.05, 0) is 60.5 Å². The summed E-state index contributed by atoms with van der Waals surface area (Å²) in [4.78, 5) is 29.8. The number of nitrogens with one attached hydrogen (secondary N) is 2. The molecule has 37 heavy (non-hydrogen) atoms. The molecule has 2 aromatic carbocycles. The third kappa shape index (κ3) is 5.32. The number of nitrogens with zero attached hydrogens (tertiary/aromatic N) is 3. The molecule has 2 aliphatic rings. The zero-order valence-corrected chi connectivity index (χ0v) is 20.2. The summed E-state index contributed by atoms with van der Waals surface area (Å²) < 4.78 is 16.3. The van der Waals surface area contributed by atoms with Crippen LogP contribution in [0.2, 0.25) is 0 Å². The van der Waals surface area contributed by atoms with E-state index in [0.29, 0.717) is 54.8 Å². The van der Waals surface area contributed by atoms with E-state index in [2.05, 4.69) is 27.8 Å². The smallest absolute Gasteiger partial charge is 0.415 e. The van der Waals surface area contributed by atoms with Crippen LogP contribution in [0.3, 0.4) is 0 Å². The topological polar surface area (TPSA) is 126 Å². The van der Waals surface area contributed by atoms with Gasteiger partial charge in [0.1, 0.15) is 17.7 Å². The second-order valence-corrected chi connectivity index (χ2v) is 8.66. The van der Waals surface area contributed by atoms with Crippen molar-refractivity contribution in [3.8, 4) is 28.7 Å². The minimum Gasteiger partial charge on any atom is -0.496 e. The molecule has 0 aliphatic carbocycles. The number of hydrogen-bond acceptors (Lipinski definition) is 8. The molecular weight excluding hydrogens is 474 g/mol. The van der Waals surface area contributed by atoms with Crippen molar-refractivity contribution in [3.05, 3.63) is 65.7 Å². The van der Waals surface area contributed by atoms with Crippen LogP contribution in [0.1, 0.15) is 17.5 Å². The number of fused-ring (bicyclic) bond motifs is 1. The number of aromatic nitrogens is 1. The molecule has 0 saturated carbocycles. The van der Waals surface area contributed by atoms with E-state index in [9.17, 15) is 14.9 Å². The molecular formula is C27H25N5O5. The van der Waals surface area contributed by atoms with Crippen LogP contribution in [0.4, 0.5) is 16.4 Å². The summed E-state index contributed by atoms with van der Waals surface area (Å²) in [5.41, 5.74) is 3.48. The summed E-state index contributed by atoms with van der Waals surface area (Å²) in [5, 5.41) is 15.3. The zero-order valence-electron chi connectivity index (χ0n) is 20.2. The number of benzene rings is 2. The summed E-state index contributed by atoms with van der Waals surface area (Å²) >= 11 is 0. The van der Waals surface area contributed by atoms with Gasteiger partial charge in [-0.2, -0.15) is 5.26 Å². The van der Waals surface area contributed by atoms with Gasteiger partial charge >= 0.3 is 6.09 Å². The standard InChI is InChI=1S/C27H25N5O5/c1-35-22-6-5-17(13-28)12-21(22)19-4-2-3-18(11-19)14-29-10-9-20-15-32(27(34)37-20)24-8-7-23-26(30-24)31-25(33)16-36-23/h2-8,11-12,20,29H,9-10,14-16H2,1H3,(H,30,31,33)/t20-/m0/s1. The lowest BCUT2D eigenvalue weighted by molar-refractivity contribution is -0.118. The Bertz CT molecular complexity index is 1390. The van der Waals surface area contributed by atoms with Gasteiger partial charge in [0.2, 0.25) is 0 Å². The van der Waals surface area contributed by atoms with Gasteiger partial charge in [0.25, 0.3) is 5.91 Å². The van der Waals surface area contributed by atoms with Crippen LogP contribution < -0.4 is 25.0 Å². The van der Waals surface area contributed by atoms with E-state index in [-0.39, 0.29) is 18.6 Å². The lowest BCUT2D eigenvalue weighted by Crippen LogP contribution is -2.29. The fourth-order valence-corrected chi connectivity index (χ4v) is 4.31. The van der Waals surface area contributed by atoms with Gasteiger partial charge < -0.3 is 24.8 Å². The summed E-state index contributed by atoms with van der Waals surface area (Å²) in [6.07, 6.45) is -0.125. The molecule has 0 spiro atoms. The fraction of sp³-hybridized carbons (Fsp3) is 0.259. The average Bonchev–Trinajstić information content (AvgIpc) is 3.30. The maximum atomic E-state index is 12.4. The Labute approximate surface area is 213 Å². The van der Waals surface area contributed by atoms with E-state index in [4.69, 9.17) is 14.2 Å². The number of pyridine rings is 1. The van der Waals surface area contributed by atoms with E-state index >= 15 is 0 Å². The van der Waals surface area contributed by atoms with E-state index in [1.54, 1.807) is 31.4 Å². The van der Waals surface area contributed by atoms with Gasteiger partial charge in [-0.1, -0.05) is 18.2 Å². The third-order valence-electron chi connectivity index (χ3n) is 6.15. The van der Waals surface area contributed by atoms with Crippen LogP contribution in [-0.2, 0) is 16.1 Å². The predicted molar refractivity (Wildman–Crippen MR) is 135 cm³/mol. The summed E-state index contributed by atoms with van der Waals surface area (Å²) in [6, 6.07) is 18.9. The molecule has 5 rings (SSSR count). The molecule has 3 aromatic rings. The maximum absolute atomic E-state index is 12.4. The molecule has 0 radical (unpaired) electrons. The van der Waals surface area contributed by atoms with Crippen molar-refractivity contribution in [2.45, 2.75) is 19.1 Å². The number of carbonyl (C=O) groups is 2. The quantitative estimate of drug-likeness (QED) is 0.452. The number of cyclic esters (lactones) is 1. The highest BCUT2D eigenvalue weighted by Crippen LogP contribution is 2.32. The summed E-state index contributed by atoms with van der Waals surface area (Å²) in [5.74, 6) is 1.59. The molecule has 1 saturated heterocycles. The molecule has 3 heterocycles. The number of hydrogen-bond donors (Lipinski definition) is 2. The first-order valence-electron chi connectivity index (χ1n) is 11.8. The Morgan fingerprint density at radius 3 is 2.95 bits per heavy atom. The summed E-state index contributed by atoms with van der Waals surface area (Å²) in [6.45, 7) is 1.59. The van der Waals surface area contributed by atoms with Crippen molar-refractivity contribution in [1.82, 2.24) is 10.3 Å². The number of amides is 2. The Hall–Kier alpha value is -4.62. The Morgan fingerprint density at radius 2 is 2.11 bits per heavy atom. The average molecular weight is 500 g/mol. The predicted octanol–water partition coefficient (Wildman–Crippen LogP) is 3.46. The van der Waals surface area contributed by atoms with E-state index in [1.165, 1.54) is 4.90 Å². The van der Waals surface area contributed by atoms with Crippen LogP contribution in [0.25, 0.3) is 11.1 Å². The number of ether oxygens (including phenoxy) is 3. The second kappa shape index (κ2) is 10.6. The van der Waals surface area contributed by atoms with Crippen molar-refractivity contribution < 1.29 is 23.8 Å². The van der Waals surface area contributed by atoms with Crippen molar-refractivity contribution in [2.24, 2.45) is 0 Å². The van der Waals surface area contributed by atoms with Gasteiger partial charge in [0.05, 0.1) is 25.3 Å². The SMILES string of the molecule is COc1ccc(C#N)cc1-c1cccc(CNCC[C@H]2CN(c3ccc4c(n3)NC(=O)CO4)C(=O)O2)c1. The Morgan fingerprint density at radius 1 is 1.22 bits per heavy atom. The monoisotopic (exact) mass is 499 g/mol. The number of rotatable bonds is 8. The lowest BCUT2D eigenvalue weighted by atomic mass is 10.00. The molecule has 2 N–H and O–H groups in total. The highest BCUT2D eigenvalue weighted by Gasteiger charge is 2.33. The maximum Gasteiger partial charge on any atom is 0.415 e. The highest BCUT2D eigenvalue weighted by molar-refractivity contribution is 5.95. The zero-order chi connectivity index (χ0) is 25.8. The largest absolute Gasteiger partial charge is 0.496 e. The lowest BCUT2D eigenvalue weighted by Gasteiger charge is -2.19. The van der Waals surface area contributed by atoms with Gasteiger partial charge in [-0.15, -0.1) is 0 Å². The van der Waals surface area contributed by atoms with Gasteiger partial charge in [-0.25, -0.2) is 9.78 Å². The first kappa shape index (κ1) is 24.1. The minimum atomic E-state index is -0.471. The van der Waals surface area contributed by atoms with Crippen molar-refractivity contribution in [1.29, 1.82) is 5.26 Å². The Balaban J connectivity index is 1.16. The second-order valence-electron chi connectivity index (χ2n) is 8.66. The fourth-order valence-electron chi connectivity index (χ4n) is 4.31. The molecule has 1 atom stereocenters. The van der Waals surface area contributed by atoms with Gasteiger partial charge in [-0.3, -0.25) is 9.69 Å². The van der Waals surface area contributed by atoms with Crippen molar-refractivity contribution in [2.75, 3.05) is 37.0 Å². The van der Waals surface area contributed by atoms with E-state index in [1.807, 2.05) is 24.3 Å². The molecule has 2 amide bonds. The molecule has 0 bridgehead atoms. The first-order chi connectivity index (χ1) is 18.0. The van der Waals surface area contributed by atoms with Crippen LogP contribution in [0.5, 0.6) is 11.5 Å².